The van der Waals surface area contributed by atoms with Crippen molar-refractivity contribution in [1.82, 2.24) is 9.88 Å². The normalized spacial score (nSPS) is 12.5. The van der Waals surface area contributed by atoms with Gasteiger partial charge in [0.1, 0.15) is 17.0 Å². The highest BCUT2D eigenvalue weighted by atomic mass is 16.6. The fourth-order valence-corrected chi connectivity index (χ4v) is 4.41. The van der Waals surface area contributed by atoms with Gasteiger partial charge in [-0.05, 0) is 102 Å². The fourth-order valence-electron chi connectivity index (χ4n) is 4.41. The maximum absolute atomic E-state index is 13.3. The number of pyridine rings is 1. The second kappa shape index (κ2) is 13.2. The fraction of sp³-hybridized carbons (Fsp3) is 0.424. The molecular weight excluding hydrogens is 518 g/mol. The largest absolute Gasteiger partial charge is 0.497 e. The van der Waals surface area contributed by atoms with Gasteiger partial charge in [0.15, 0.2) is 0 Å². The number of nitrogens with one attached hydrogen (secondary N) is 2. The van der Waals surface area contributed by atoms with Crippen LogP contribution in [0.25, 0.3) is 0 Å². The molecule has 0 radical (unpaired) electrons. The van der Waals surface area contributed by atoms with Gasteiger partial charge in [-0.3, -0.25) is 14.4 Å². The van der Waals surface area contributed by atoms with Crippen molar-refractivity contribution >= 4 is 17.6 Å². The third-order valence-electron chi connectivity index (χ3n) is 7.11. The van der Waals surface area contributed by atoms with E-state index in [1.165, 1.54) is 0 Å². The zero-order chi connectivity index (χ0) is 30.4. The van der Waals surface area contributed by atoms with Gasteiger partial charge in [0.05, 0.1) is 25.1 Å². The summed E-state index contributed by atoms with van der Waals surface area (Å²) in [7, 11) is 3.34. The summed E-state index contributed by atoms with van der Waals surface area (Å²) in [5.41, 5.74) is 2.23. The number of carbonyl (C=O) groups excluding carboxylic acids is 2. The summed E-state index contributed by atoms with van der Waals surface area (Å²) in [6.45, 7) is 11.5. The Morgan fingerprint density at radius 3 is 2.10 bits per heavy atom. The van der Waals surface area contributed by atoms with E-state index in [1.807, 2.05) is 96.1 Å². The minimum absolute atomic E-state index is 0.257. The molecule has 2 aromatic carbocycles. The van der Waals surface area contributed by atoms with E-state index in [0.29, 0.717) is 24.9 Å². The summed E-state index contributed by atoms with van der Waals surface area (Å²) in [5.74, 6) is 0.207. The zero-order valence-electron chi connectivity index (χ0n) is 25.5. The Balaban J connectivity index is 1.66. The van der Waals surface area contributed by atoms with E-state index in [0.717, 1.165) is 22.4 Å². The van der Waals surface area contributed by atoms with E-state index in [4.69, 9.17) is 9.47 Å². The van der Waals surface area contributed by atoms with E-state index in [2.05, 4.69) is 10.6 Å². The van der Waals surface area contributed by atoms with E-state index in [1.54, 1.807) is 24.9 Å². The molecule has 1 atom stereocenters. The number of rotatable bonds is 11. The second-order valence-corrected chi connectivity index (χ2v) is 11.8. The summed E-state index contributed by atoms with van der Waals surface area (Å²) >= 11 is 0. The number of likely N-dealkylation sites (N-methyl/N-ethyl adjacent to an activating group) is 1. The van der Waals surface area contributed by atoms with Crippen LogP contribution in [0.3, 0.4) is 0 Å². The molecular formula is C33H43N3O5. The number of hydrogen-bond acceptors (Lipinski definition) is 6. The van der Waals surface area contributed by atoms with Gasteiger partial charge in [-0.15, -0.1) is 0 Å². The molecule has 1 unspecified atom stereocenters. The lowest BCUT2D eigenvalue weighted by Crippen LogP contribution is -2.40. The van der Waals surface area contributed by atoms with Crippen molar-refractivity contribution in [3.05, 3.63) is 93.4 Å². The number of aromatic nitrogens is 1. The molecule has 0 spiro atoms. The number of ether oxygens (including phenoxy) is 2. The lowest BCUT2D eigenvalue weighted by Gasteiger charge is -2.29. The third-order valence-corrected chi connectivity index (χ3v) is 7.11. The number of methoxy groups -OCH3 is 1. The van der Waals surface area contributed by atoms with E-state index in [-0.39, 0.29) is 23.1 Å². The van der Waals surface area contributed by atoms with Gasteiger partial charge in [0.2, 0.25) is 5.91 Å². The smallest absolute Gasteiger partial charge is 0.316 e. The molecule has 0 saturated heterocycles. The van der Waals surface area contributed by atoms with Crippen molar-refractivity contribution in [2.45, 2.75) is 78.0 Å². The highest BCUT2D eigenvalue weighted by molar-refractivity contribution is 5.95. The average molecular weight is 562 g/mol. The maximum atomic E-state index is 13.3. The number of aryl methyl sites for hydroxylation is 2. The van der Waals surface area contributed by atoms with Crippen LogP contribution in [0.4, 0.5) is 5.69 Å². The van der Waals surface area contributed by atoms with Crippen LogP contribution in [0.1, 0.15) is 63.3 Å². The lowest BCUT2D eigenvalue weighted by molar-refractivity contribution is -0.160. The van der Waals surface area contributed by atoms with Crippen LogP contribution in [0.5, 0.6) is 5.75 Å². The molecule has 8 heteroatoms. The molecule has 1 amide bonds. The molecule has 2 N–H and O–H groups in total. The van der Waals surface area contributed by atoms with E-state index >= 15 is 0 Å². The van der Waals surface area contributed by atoms with Gasteiger partial charge in [0, 0.05) is 6.20 Å². The molecule has 1 heterocycles. The van der Waals surface area contributed by atoms with E-state index in [9.17, 15) is 14.4 Å². The van der Waals surface area contributed by atoms with Gasteiger partial charge in [0.25, 0.3) is 5.56 Å². The van der Waals surface area contributed by atoms with Gasteiger partial charge in [-0.2, -0.15) is 0 Å². The number of anilines is 1. The van der Waals surface area contributed by atoms with Crippen LogP contribution in [-0.2, 0) is 32.7 Å². The zero-order valence-corrected chi connectivity index (χ0v) is 25.5. The molecule has 0 aliphatic rings. The summed E-state index contributed by atoms with van der Waals surface area (Å²) < 4.78 is 12.4. The van der Waals surface area contributed by atoms with Crippen LogP contribution >= 0.6 is 0 Å². The van der Waals surface area contributed by atoms with Crippen molar-refractivity contribution in [1.29, 1.82) is 0 Å². The predicted molar refractivity (Wildman–Crippen MR) is 163 cm³/mol. The molecule has 1 aromatic heterocycles. The SMILES string of the molecule is CNC(CCc1ccc(C(C)(C)C(=O)OC(C)(C)C)cc1)C(=O)Nc1c(C)ccn(Cc2ccc(OC)cc2)c1=O. The molecule has 0 bridgehead atoms. The van der Waals surface area contributed by atoms with Crippen molar-refractivity contribution in [2.24, 2.45) is 0 Å². The Kier molecular flexibility index (Phi) is 10.2. The van der Waals surface area contributed by atoms with Crippen molar-refractivity contribution in [3.8, 4) is 5.75 Å². The summed E-state index contributed by atoms with van der Waals surface area (Å²) in [5, 5.41) is 5.94. The van der Waals surface area contributed by atoms with Crippen molar-refractivity contribution in [3.63, 3.8) is 0 Å². The molecule has 8 nitrogen and oxygen atoms in total. The first-order valence-corrected chi connectivity index (χ1v) is 13.9. The molecule has 41 heavy (non-hydrogen) atoms. The third kappa shape index (κ3) is 8.30. The van der Waals surface area contributed by atoms with Crippen LogP contribution in [0.2, 0.25) is 0 Å². The molecule has 3 rings (SSSR count). The number of amides is 1. The monoisotopic (exact) mass is 561 g/mol. The summed E-state index contributed by atoms with van der Waals surface area (Å²) in [6, 6.07) is 16.7. The standard InChI is InChI=1S/C33H43N3O5/c1-22-19-20-36(21-24-11-16-26(40-8)17-12-24)30(38)28(22)35-29(37)27(34-7)18-13-23-9-14-25(15-10-23)33(5,6)31(39)41-32(2,3)4/h9-12,14-17,19-20,27,34H,13,18,21H2,1-8H3,(H,35,37). The lowest BCUT2D eigenvalue weighted by atomic mass is 9.84. The van der Waals surface area contributed by atoms with Crippen LogP contribution in [-0.4, -0.2) is 42.2 Å². The Morgan fingerprint density at radius 2 is 1.54 bits per heavy atom. The minimum atomic E-state index is -0.785. The highest BCUT2D eigenvalue weighted by Crippen LogP contribution is 2.27. The molecule has 0 saturated carbocycles. The first-order valence-electron chi connectivity index (χ1n) is 13.9. The van der Waals surface area contributed by atoms with Gasteiger partial charge in [-0.25, -0.2) is 0 Å². The number of esters is 1. The summed E-state index contributed by atoms with van der Waals surface area (Å²) in [4.78, 5) is 39.2. The van der Waals surface area contributed by atoms with Crippen molar-refractivity contribution in [2.75, 3.05) is 19.5 Å². The molecule has 0 fully saturated rings. The van der Waals surface area contributed by atoms with Crippen LogP contribution in [0.15, 0.2) is 65.6 Å². The number of benzene rings is 2. The first kappa shape index (κ1) is 31.6. The number of carbonyl (C=O) groups is 2. The van der Waals surface area contributed by atoms with Gasteiger partial charge in [-0.1, -0.05) is 36.4 Å². The van der Waals surface area contributed by atoms with E-state index < -0.39 is 17.1 Å². The summed E-state index contributed by atoms with van der Waals surface area (Å²) in [6.07, 6.45) is 2.91. The quantitative estimate of drug-likeness (QED) is 0.320. The Bertz CT molecular complexity index is 1400. The molecule has 3 aromatic rings. The highest BCUT2D eigenvalue weighted by Gasteiger charge is 2.34. The number of hydrogen-bond donors (Lipinski definition) is 2. The van der Waals surface area contributed by atoms with Gasteiger partial charge < -0.3 is 24.7 Å². The Hall–Kier alpha value is -3.91. The molecule has 0 aliphatic carbocycles. The first-order chi connectivity index (χ1) is 19.2. The minimum Gasteiger partial charge on any atom is -0.497 e. The average Bonchev–Trinajstić information content (AvgIpc) is 2.92. The predicted octanol–water partition coefficient (Wildman–Crippen LogP) is 4.99. The van der Waals surface area contributed by atoms with Gasteiger partial charge >= 0.3 is 5.97 Å². The topological polar surface area (TPSA) is 98.7 Å². The maximum Gasteiger partial charge on any atom is 0.316 e. The number of nitrogens with zero attached hydrogens (tertiary/aromatic N) is 1. The Labute approximate surface area is 243 Å². The molecule has 0 aliphatic heterocycles. The Morgan fingerprint density at radius 1 is 0.927 bits per heavy atom. The van der Waals surface area contributed by atoms with Crippen LogP contribution < -0.4 is 20.9 Å². The van der Waals surface area contributed by atoms with Crippen molar-refractivity contribution < 1.29 is 19.1 Å². The van der Waals surface area contributed by atoms with Crippen LogP contribution in [0, 0.1) is 6.92 Å². The second-order valence-electron chi connectivity index (χ2n) is 11.8. The molecule has 220 valence electrons.